The number of piperidine rings is 1. The van der Waals surface area contributed by atoms with Gasteiger partial charge in [0.15, 0.2) is 0 Å². The Labute approximate surface area is 152 Å². The Balaban J connectivity index is 1.51. The molecule has 0 radical (unpaired) electrons. The number of carbonyl (C=O) groups excluding carboxylic acids is 1. The van der Waals surface area contributed by atoms with Crippen LogP contribution in [0.2, 0.25) is 0 Å². The number of hydrogen-bond acceptors (Lipinski definition) is 4. The molecule has 1 atom stereocenters. The van der Waals surface area contributed by atoms with Gasteiger partial charge in [0.05, 0.1) is 11.0 Å². The van der Waals surface area contributed by atoms with Crippen molar-refractivity contribution in [3.63, 3.8) is 0 Å². The van der Waals surface area contributed by atoms with Crippen molar-refractivity contribution >= 4 is 22.8 Å². The molecule has 6 nitrogen and oxygen atoms in total. The molecule has 0 aliphatic carbocycles. The molecular formula is C20H23N5O. The molecule has 0 unspecified atom stereocenters. The molecule has 0 spiro atoms. The Hall–Kier alpha value is -2.89. The highest BCUT2D eigenvalue weighted by atomic mass is 16.2. The number of hydrogen-bond donors (Lipinski definition) is 1. The Morgan fingerprint density at radius 3 is 3.00 bits per heavy atom. The second-order valence-corrected chi connectivity index (χ2v) is 6.90. The predicted octanol–water partition coefficient (Wildman–Crippen LogP) is 3.01. The van der Waals surface area contributed by atoms with Gasteiger partial charge < -0.3 is 14.8 Å². The van der Waals surface area contributed by atoms with Gasteiger partial charge in [-0.25, -0.2) is 9.97 Å². The van der Waals surface area contributed by atoms with E-state index in [-0.39, 0.29) is 11.9 Å². The van der Waals surface area contributed by atoms with E-state index in [1.165, 1.54) is 0 Å². The second kappa shape index (κ2) is 6.78. The SMILES string of the molecule is Cc1nc2ccc(C(=O)N(C)[C@H]3CCCN(c4ccccn4)C3)cc2[nH]1. The van der Waals surface area contributed by atoms with Gasteiger partial charge in [-0.2, -0.15) is 0 Å². The van der Waals surface area contributed by atoms with Crippen molar-refractivity contribution in [2.45, 2.75) is 25.8 Å². The molecule has 6 heteroatoms. The van der Waals surface area contributed by atoms with E-state index in [1.54, 1.807) is 0 Å². The van der Waals surface area contributed by atoms with Gasteiger partial charge in [-0.15, -0.1) is 0 Å². The molecule has 1 aliphatic heterocycles. The first-order valence-corrected chi connectivity index (χ1v) is 9.01. The zero-order valence-electron chi connectivity index (χ0n) is 15.1. The molecule has 2 aromatic heterocycles. The number of nitrogens with one attached hydrogen (secondary N) is 1. The van der Waals surface area contributed by atoms with Crippen LogP contribution in [0.15, 0.2) is 42.6 Å². The fraction of sp³-hybridized carbons (Fsp3) is 0.350. The lowest BCUT2D eigenvalue weighted by molar-refractivity contribution is 0.0717. The largest absolute Gasteiger partial charge is 0.355 e. The molecule has 3 heterocycles. The zero-order chi connectivity index (χ0) is 18.1. The molecule has 3 aromatic rings. The number of carbonyl (C=O) groups is 1. The van der Waals surface area contributed by atoms with E-state index in [9.17, 15) is 4.79 Å². The third-order valence-electron chi connectivity index (χ3n) is 5.09. The van der Waals surface area contributed by atoms with Crippen molar-refractivity contribution in [1.29, 1.82) is 0 Å². The number of anilines is 1. The first kappa shape index (κ1) is 16.6. The van der Waals surface area contributed by atoms with Crippen LogP contribution in [-0.4, -0.2) is 51.9 Å². The number of likely N-dealkylation sites (N-methyl/N-ethyl adjacent to an activating group) is 1. The number of fused-ring (bicyclic) bond motifs is 1. The van der Waals surface area contributed by atoms with E-state index in [4.69, 9.17) is 0 Å². The lowest BCUT2D eigenvalue weighted by Crippen LogP contribution is -2.48. The van der Waals surface area contributed by atoms with Gasteiger partial charge in [0.1, 0.15) is 11.6 Å². The molecule has 4 rings (SSSR count). The fourth-order valence-electron chi connectivity index (χ4n) is 3.66. The number of amides is 1. The van der Waals surface area contributed by atoms with Crippen LogP contribution in [0.5, 0.6) is 0 Å². The average Bonchev–Trinajstić information content (AvgIpc) is 3.06. The zero-order valence-corrected chi connectivity index (χ0v) is 15.1. The summed E-state index contributed by atoms with van der Waals surface area (Å²) in [5.74, 6) is 1.88. The topological polar surface area (TPSA) is 65.1 Å². The van der Waals surface area contributed by atoms with Crippen molar-refractivity contribution in [2.75, 3.05) is 25.0 Å². The van der Waals surface area contributed by atoms with E-state index in [0.717, 1.165) is 48.6 Å². The number of aromatic amines is 1. The molecule has 0 bridgehead atoms. The van der Waals surface area contributed by atoms with Gasteiger partial charge in [-0.3, -0.25) is 4.79 Å². The normalized spacial score (nSPS) is 17.5. The maximum absolute atomic E-state index is 13.0. The Kier molecular flexibility index (Phi) is 4.32. The smallest absolute Gasteiger partial charge is 0.253 e. The van der Waals surface area contributed by atoms with E-state index in [1.807, 2.05) is 61.5 Å². The van der Waals surface area contributed by atoms with Crippen LogP contribution in [-0.2, 0) is 0 Å². The number of H-pyrrole nitrogens is 1. The summed E-state index contributed by atoms with van der Waals surface area (Å²) in [5, 5.41) is 0. The highest BCUT2D eigenvalue weighted by Gasteiger charge is 2.27. The minimum absolute atomic E-state index is 0.0482. The van der Waals surface area contributed by atoms with Gasteiger partial charge in [-0.1, -0.05) is 6.07 Å². The van der Waals surface area contributed by atoms with Crippen molar-refractivity contribution in [1.82, 2.24) is 19.9 Å². The summed E-state index contributed by atoms with van der Waals surface area (Å²) < 4.78 is 0. The van der Waals surface area contributed by atoms with Crippen LogP contribution in [0.25, 0.3) is 11.0 Å². The Morgan fingerprint density at radius 2 is 2.19 bits per heavy atom. The summed E-state index contributed by atoms with van der Waals surface area (Å²) in [5.41, 5.74) is 2.49. The summed E-state index contributed by atoms with van der Waals surface area (Å²) in [4.78, 5) is 29.2. The molecule has 26 heavy (non-hydrogen) atoms. The Morgan fingerprint density at radius 1 is 1.31 bits per heavy atom. The lowest BCUT2D eigenvalue weighted by Gasteiger charge is -2.38. The standard InChI is InChI=1S/C20H23N5O/c1-14-22-17-9-8-15(12-18(17)23-14)20(26)24(2)16-6-5-11-25(13-16)19-7-3-4-10-21-19/h3-4,7-10,12,16H,5-6,11,13H2,1-2H3,(H,22,23)/t16-/m0/s1. The van der Waals surface area contributed by atoms with Gasteiger partial charge in [0.25, 0.3) is 5.91 Å². The van der Waals surface area contributed by atoms with E-state index >= 15 is 0 Å². The summed E-state index contributed by atoms with van der Waals surface area (Å²) in [6.07, 6.45) is 3.88. The molecule has 1 saturated heterocycles. The highest BCUT2D eigenvalue weighted by molar-refractivity contribution is 5.97. The van der Waals surface area contributed by atoms with Gasteiger partial charge in [-0.05, 0) is 50.1 Å². The summed E-state index contributed by atoms with van der Waals surface area (Å²) in [6, 6.07) is 11.8. The van der Waals surface area contributed by atoms with E-state index < -0.39 is 0 Å². The maximum Gasteiger partial charge on any atom is 0.253 e. The second-order valence-electron chi connectivity index (χ2n) is 6.90. The summed E-state index contributed by atoms with van der Waals surface area (Å²) in [6.45, 7) is 3.71. The number of aromatic nitrogens is 3. The highest BCUT2D eigenvalue weighted by Crippen LogP contribution is 2.22. The third kappa shape index (κ3) is 3.14. The predicted molar refractivity (Wildman–Crippen MR) is 102 cm³/mol. The summed E-state index contributed by atoms with van der Waals surface area (Å²) in [7, 11) is 1.90. The van der Waals surface area contributed by atoms with E-state index in [2.05, 4.69) is 19.9 Å². The molecular weight excluding hydrogens is 326 g/mol. The Bertz CT molecular complexity index is 920. The summed E-state index contributed by atoms with van der Waals surface area (Å²) >= 11 is 0. The lowest BCUT2D eigenvalue weighted by atomic mass is 10.0. The van der Waals surface area contributed by atoms with Gasteiger partial charge in [0.2, 0.25) is 0 Å². The van der Waals surface area contributed by atoms with Crippen LogP contribution >= 0.6 is 0 Å². The minimum Gasteiger partial charge on any atom is -0.355 e. The average molecular weight is 349 g/mol. The molecule has 1 N–H and O–H groups in total. The fourth-order valence-corrected chi connectivity index (χ4v) is 3.66. The van der Waals surface area contributed by atoms with Crippen LogP contribution in [0.3, 0.4) is 0 Å². The molecule has 1 aromatic carbocycles. The molecule has 1 aliphatic rings. The maximum atomic E-state index is 13.0. The number of rotatable bonds is 3. The van der Waals surface area contributed by atoms with Gasteiger partial charge in [0, 0.05) is 37.9 Å². The van der Waals surface area contributed by atoms with Crippen molar-refractivity contribution in [2.24, 2.45) is 0 Å². The molecule has 0 saturated carbocycles. The van der Waals surface area contributed by atoms with Crippen LogP contribution in [0, 0.1) is 6.92 Å². The number of nitrogens with zero attached hydrogens (tertiary/aromatic N) is 4. The van der Waals surface area contributed by atoms with Crippen molar-refractivity contribution in [3.05, 3.63) is 54.0 Å². The van der Waals surface area contributed by atoms with Gasteiger partial charge >= 0.3 is 0 Å². The minimum atomic E-state index is 0.0482. The van der Waals surface area contributed by atoms with Crippen molar-refractivity contribution < 1.29 is 4.79 Å². The first-order valence-electron chi connectivity index (χ1n) is 9.01. The number of benzene rings is 1. The van der Waals surface area contributed by atoms with Crippen molar-refractivity contribution in [3.8, 4) is 0 Å². The number of imidazole rings is 1. The van der Waals surface area contributed by atoms with Crippen LogP contribution in [0.4, 0.5) is 5.82 Å². The van der Waals surface area contributed by atoms with E-state index in [0.29, 0.717) is 5.56 Å². The molecule has 134 valence electrons. The first-order chi connectivity index (χ1) is 12.6. The monoisotopic (exact) mass is 349 g/mol. The number of aryl methyl sites for hydroxylation is 1. The van der Waals surface area contributed by atoms with Crippen LogP contribution < -0.4 is 4.90 Å². The van der Waals surface area contributed by atoms with Crippen LogP contribution in [0.1, 0.15) is 29.0 Å². The third-order valence-corrected chi connectivity index (χ3v) is 5.09. The quantitative estimate of drug-likeness (QED) is 0.789. The molecule has 1 amide bonds. The molecule has 1 fully saturated rings. The number of pyridine rings is 1.